The molecule has 0 unspecified atom stereocenters. The predicted molar refractivity (Wildman–Crippen MR) is 84.5 cm³/mol. The highest BCUT2D eigenvalue weighted by atomic mass is 19.4. The van der Waals surface area contributed by atoms with Crippen LogP contribution in [-0.4, -0.2) is 4.98 Å². The van der Waals surface area contributed by atoms with Gasteiger partial charge >= 0.3 is 6.18 Å². The van der Waals surface area contributed by atoms with Crippen molar-refractivity contribution in [3.63, 3.8) is 0 Å². The lowest BCUT2D eigenvalue weighted by atomic mass is 9.95. The van der Waals surface area contributed by atoms with Gasteiger partial charge in [-0.2, -0.15) is 13.2 Å². The maximum atomic E-state index is 13.3. The zero-order chi connectivity index (χ0) is 16.4. The molecule has 0 atom stereocenters. The highest BCUT2D eigenvalue weighted by Gasteiger charge is 2.35. The molecule has 2 nitrogen and oxygen atoms in total. The van der Waals surface area contributed by atoms with E-state index in [0.717, 1.165) is 17.7 Å². The highest BCUT2D eigenvalue weighted by Crippen LogP contribution is 2.39. The van der Waals surface area contributed by atoms with E-state index in [1.807, 2.05) is 30.3 Å². The van der Waals surface area contributed by atoms with Crippen LogP contribution < -0.4 is 5.73 Å². The molecular weight excluding hydrogens is 301 g/mol. The first-order chi connectivity index (χ1) is 11.0. The fraction of sp³-hybridized carbons (Fsp3) is 0.0556. The average molecular weight is 314 g/mol. The van der Waals surface area contributed by atoms with Gasteiger partial charge in [0.15, 0.2) is 0 Å². The molecule has 1 heterocycles. The number of hydrogen-bond donors (Lipinski definition) is 1. The minimum atomic E-state index is -4.50. The van der Waals surface area contributed by atoms with Gasteiger partial charge in [-0.1, -0.05) is 54.6 Å². The van der Waals surface area contributed by atoms with Gasteiger partial charge in [0.25, 0.3) is 0 Å². The van der Waals surface area contributed by atoms with Gasteiger partial charge in [0.05, 0.1) is 11.3 Å². The first-order valence-corrected chi connectivity index (χ1v) is 6.95. The van der Waals surface area contributed by atoms with Crippen molar-refractivity contribution < 1.29 is 13.2 Å². The van der Waals surface area contributed by atoms with Crippen LogP contribution in [0.15, 0.2) is 66.7 Å². The van der Waals surface area contributed by atoms with E-state index in [1.165, 1.54) is 0 Å². The zero-order valence-electron chi connectivity index (χ0n) is 12.0. The molecule has 0 aliphatic heterocycles. The van der Waals surface area contributed by atoms with Crippen LogP contribution in [0.4, 0.5) is 19.0 Å². The van der Waals surface area contributed by atoms with E-state index in [-0.39, 0.29) is 11.5 Å². The third-order valence-electron chi connectivity index (χ3n) is 3.49. The minimum absolute atomic E-state index is 0.0517. The summed E-state index contributed by atoms with van der Waals surface area (Å²) in [6, 6.07) is 18.2. The van der Waals surface area contributed by atoms with Crippen LogP contribution >= 0.6 is 0 Å². The van der Waals surface area contributed by atoms with Crippen molar-refractivity contribution in [1.29, 1.82) is 0 Å². The number of nitrogens with two attached hydrogens (primary N) is 1. The number of nitrogen functional groups attached to an aromatic ring is 1. The number of benzene rings is 2. The summed E-state index contributed by atoms with van der Waals surface area (Å²) in [5, 5.41) is 0. The maximum absolute atomic E-state index is 13.3. The van der Waals surface area contributed by atoms with Gasteiger partial charge in [-0.3, -0.25) is 0 Å². The van der Waals surface area contributed by atoms with Gasteiger partial charge in [-0.25, -0.2) is 4.98 Å². The van der Waals surface area contributed by atoms with Crippen molar-refractivity contribution >= 4 is 5.82 Å². The summed E-state index contributed by atoms with van der Waals surface area (Å²) in [5.74, 6) is 0.0517. The van der Waals surface area contributed by atoms with Crippen molar-refractivity contribution in [3.05, 3.63) is 72.3 Å². The van der Waals surface area contributed by atoms with Gasteiger partial charge in [-0.15, -0.1) is 0 Å². The Bertz CT molecular complexity index is 827. The standard InChI is InChI=1S/C18H13F3N2/c19-18(20,21)15-10-11-16(22)23-17(15)14-9-5-4-8-13(14)12-6-2-1-3-7-12/h1-11H,(H2,22,23). The maximum Gasteiger partial charge on any atom is 0.418 e. The molecule has 2 N–H and O–H groups in total. The molecule has 3 aromatic rings. The van der Waals surface area contributed by atoms with Crippen LogP contribution in [0.2, 0.25) is 0 Å². The zero-order valence-corrected chi connectivity index (χ0v) is 12.0. The van der Waals surface area contributed by atoms with Crippen LogP contribution in [0.1, 0.15) is 5.56 Å². The normalized spacial score (nSPS) is 11.4. The van der Waals surface area contributed by atoms with Crippen molar-refractivity contribution in [2.45, 2.75) is 6.18 Å². The largest absolute Gasteiger partial charge is 0.418 e. The second-order valence-corrected chi connectivity index (χ2v) is 5.04. The summed E-state index contributed by atoms with van der Waals surface area (Å²) >= 11 is 0. The Balaban J connectivity index is 2.27. The monoisotopic (exact) mass is 314 g/mol. The Morgan fingerprint density at radius 1 is 0.739 bits per heavy atom. The summed E-state index contributed by atoms with van der Waals surface area (Å²) in [4.78, 5) is 3.95. The first-order valence-electron chi connectivity index (χ1n) is 6.95. The van der Waals surface area contributed by atoms with Gasteiger partial charge in [0.2, 0.25) is 0 Å². The molecule has 0 saturated carbocycles. The van der Waals surface area contributed by atoms with Crippen molar-refractivity contribution in [3.8, 4) is 22.4 Å². The third kappa shape index (κ3) is 3.04. The van der Waals surface area contributed by atoms with Crippen LogP contribution in [0, 0.1) is 0 Å². The number of anilines is 1. The van der Waals surface area contributed by atoms with Gasteiger partial charge in [-0.05, 0) is 23.3 Å². The van der Waals surface area contributed by atoms with Gasteiger partial charge < -0.3 is 5.73 Å². The lowest BCUT2D eigenvalue weighted by molar-refractivity contribution is -0.137. The molecule has 23 heavy (non-hydrogen) atoms. The Morgan fingerprint density at radius 3 is 2.00 bits per heavy atom. The number of rotatable bonds is 2. The smallest absolute Gasteiger partial charge is 0.384 e. The minimum Gasteiger partial charge on any atom is -0.384 e. The molecule has 0 aliphatic carbocycles. The number of hydrogen-bond acceptors (Lipinski definition) is 2. The Kier molecular flexibility index (Phi) is 3.78. The van der Waals surface area contributed by atoms with Crippen LogP contribution in [-0.2, 0) is 6.18 Å². The van der Waals surface area contributed by atoms with Crippen LogP contribution in [0.25, 0.3) is 22.4 Å². The Labute approximate surface area is 131 Å². The summed E-state index contributed by atoms with van der Waals surface area (Å²) in [7, 11) is 0. The average Bonchev–Trinajstić information content (AvgIpc) is 2.54. The quantitative estimate of drug-likeness (QED) is 0.721. The first kappa shape index (κ1) is 15.1. The van der Waals surface area contributed by atoms with Crippen molar-refractivity contribution in [2.24, 2.45) is 0 Å². The number of alkyl halides is 3. The molecule has 3 rings (SSSR count). The molecule has 0 spiro atoms. The Morgan fingerprint density at radius 2 is 1.35 bits per heavy atom. The number of nitrogens with zero attached hydrogens (tertiary/aromatic N) is 1. The van der Waals surface area contributed by atoms with Crippen molar-refractivity contribution in [2.75, 3.05) is 5.73 Å². The van der Waals surface area contributed by atoms with E-state index in [4.69, 9.17) is 5.73 Å². The summed E-state index contributed by atoms with van der Waals surface area (Å²) in [6.45, 7) is 0. The fourth-order valence-electron chi connectivity index (χ4n) is 2.47. The summed E-state index contributed by atoms with van der Waals surface area (Å²) < 4.78 is 40.0. The van der Waals surface area contributed by atoms with E-state index in [1.54, 1.807) is 24.3 Å². The topological polar surface area (TPSA) is 38.9 Å². The van der Waals surface area contributed by atoms with Crippen molar-refractivity contribution in [1.82, 2.24) is 4.98 Å². The molecular formula is C18H13F3N2. The summed E-state index contributed by atoms with van der Waals surface area (Å²) in [5.41, 5.74) is 6.57. The highest BCUT2D eigenvalue weighted by molar-refractivity contribution is 5.83. The van der Waals surface area contributed by atoms with Crippen LogP contribution in [0.5, 0.6) is 0 Å². The molecule has 1 aromatic heterocycles. The molecule has 0 aliphatic rings. The lowest BCUT2D eigenvalue weighted by Crippen LogP contribution is -2.10. The number of pyridine rings is 1. The number of aromatic nitrogens is 1. The van der Waals surface area contributed by atoms with E-state index in [0.29, 0.717) is 11.1 Å². The Hall–Kier alpha value is -2.82. The molecule has 116 valence electrons. The van der Waals surface area contributed by atoms with Gasteiger partial charge in [0.1, 0.15) is 5.82 Å². The lowest BCUT2D eigenvalue weighted by Gasteiger charge is -2.15. The third-order valence-corrected chi connectivity index (χ3v) is 3.49. The van der Waals surface area contributed by atoms with E-state index >= 15 is 0 Å². The number of halogens is 3. The summed E-state index contributed by atoms with van der Waals surface area (Å²) in [6.07, 6.45) is -4.50. The molecule has 0 fully saturated rings. The fourth-order valence-corrected chi connectivity index (χ4v) is 2.47. The van der Waals surface area contributed by atoms with Gasteiger partial charge in [0, 0.05) is 5.56 Å². The van der Waals surface area contributed by atoms with E-state index in [2.05, 4.69) is 4.98 Å². The molecule has 0 amide bonds. The molecule has 2 aromatic carbocycles. The van der Waals surface area contributed by atoms with E-state index in [9.17, 15) is 13.2 Å². The molecule has 5 heteroatoms. The molecule has 0 saturated heterocycles. The molecule has 0 radical (unpaired) electrons. The SMILES string of the molecule is Nc1ccc(C(F)(F)F)c(-c2ccccc2-c2ccccc2)n1. The molecule has 0 bridgehead atoms. The second-order valence-electron chi connectivity index (χ2n) is 5.04. The van der Waals surface area contributed by atoms with E-state index < -0.39 is 11.7 Å². The van der Waals surface area contributed by atoms with Crippen LogP contribution in [0.3, 0.4) is 0 Å². The predicted octanol–water partition coefficient (Wildman–Crippen LogP) is 5.02. The second kappa shape index (κ2) is 5.76.